The van der Waals surface area contributed by atoms with E-state index in [0.717, 1.165) is 12.8 Å². The van der Waals surface area contributed by atoms with E-state index in [2.05, 4.69) is 48.0 Å². The molecular formula is C14H15NS. The Morgan fingerprint density at radius 3 is 3.06 bits per heavy atom. The fourth-order valence-corrected chi connectivity index (χ4v) is 3.07. The molecule has 1 N–H and O–H groups in total. The van der Waals surface area contributed by atoms with Gasteiger partial charge in [-0.1, -0.05) is 25.1 Å². The van der Waals surface area contributed by atoms with Gasteiger partial charge in [0, 0.05) is 10.6 Å². The molecule has 1 aromatic heterocycles. The average Bonchev–Trinajstić information content (AvgIpc) is 2.96. The molecule has 3 rings (SSSR count). The van der Waals surface area contributed by atoms with Crippen molar-refractivity contribution in [2.24, 2.45) is 0 Å². The van der Waals surface area contributed by atoms with Gasteiger partial charge in [0.2, 0.25) is 0 Å². The molecule has 1 aromatic carbocycles. The van der Waals surface area contributed by atoms with E-state index in [4.69, 9.17) is 0 Å². The number of aryl methyl sites for hydroxylation is 1. The predicted molar refractivity (Wildman–Crippen MR) is 70.2 cm³/mol. The number of rotatable bonds is 2. The maximum absolute atomic E-state index is 3.60. The van der Waals surface area contributed by atoms with Crippen LogP contribution in [0.2, 0.25) is 0 Å². The zero-order valence-electron chi connectivity index (χ0n) is 9.36. The highest BCUT2D eigenvalue weighted by Gasteiger charge is 2.22. The average molecular weight is 229 g/mol. The molecule has 0 spiro atoms. The molecule has 1 nitrogen and oxygen atoms in total. The molecule has 0 bridgehead atoms. The lowest BCUT2D eigenvalue weighted by atomic mass is 10.0. The number of hydrogen-bond acceptors (Lipinski definition) is 2. The molecular weight excluding hydrogens is 214 g/mol. The summed E-state index contributed by atoms with van der Waals surface area (Å²) in [7, 11) is 0. The largest absolute Gasteiger partial charge is 0.377 e. The summed E-state index contributed by atoms with van der Waals surface area (Å²) in [5.74, 6) is 0. The smallest absolute Gasteiger partial charge is 0.0647 e. The first-order chi connectivity index (χ1) is 7.86. The van der Waals surface area contributed by atoms with E-state index in [9.17, 15) is 0 Å². The van der Waals surface area contributed by atoms with Crippen molar-refractivity contribution >= 4 is 17.0 Å². The van der Waals surface area contributed by atoms with E-state index in [1.54, 1.807) is 0 Å². The van der Waals surface area contributed by atoms with Gasteiger partial charge >= 0.3 is 0 Å². The molecule has 0 saturated carbocycles. The van der Waals surface area contributed by atoms with Crippen molar-refractivity contribution in [3.8, 4) is 0 Å². The van der Waals surface area contributed by atoms with E-state index in [1.165, 1.54) is 21.7 Å². The minimum atomic E-state index is 0.488. The van der Waals surface area contributed by atoms with Crippen molar-refractivity contribution < 1.29 is 0 Å². The van der Waals surface area contributed by atoms with Crippen LogP contribution >= 0.6 is 11.3 Å². The van der Waals surface area contributed by atoms with Crippen molar-refractivity contribution in [2.75, 3.05) is 5.32 Å². The molecule has 1 unspecified atom stereocenters. The van der Waals surface area contributed by atoms with Gasteiger partial charge in [-0.25, -0.2) is 0 Å². The van der Waals surface area contributed by atoms with Crippen LogP contribution in [-0.4, -0.2) is 0 Å². The predicted octanol–water partition coefficient (Wildman–Crippen LogP) is 4.02. The van der Waals surface area contributed by atoms with Gasteiger partial charge in [-0.2, -0.15) is 0 Å². The van der Waals surface area contributed by atoms with E-state index in [0.29, 0.717) is 6.04 Å². The first-order valence-corrected chi connectivity index (χ1v) is 6.66. The molecule has 1 atom stereocenters. The Morgan fingerprint density at radius 1 is 1.38 bits per heavy atom. The van der Waals surface area contributed by atoms with Gasteiger partial charge in [0.15, 0.2) is 0 Å². The fraction of sp³-hybridized carbons (Fsp3) is 0.286. The molecule has 2 heteroatoms. The molecule has 0 radical (unpaired) electrons. The van der Waals surface area contributed by atoms with Crippen LogP contribution in [0.3, 0.4) is 0 Å². The molecule has 1 aliphatic heterocycles. The summed E-state index contributed by atoms with van der Waals surface area (Å²) in [4.78, 5) is 1.44. The van der Waals surface area contributed by atoms with E-state index in [-0.39, 0.29) is 0 Å². The molecule has 1 aliphatic rings. The summed E-state index contributed by atoms with van der Waals surface area (Å²) >= 11 is 1.84. The zero-order valence-corrected chi connectivity index (χ0v) is 10.2. The standard InChI is InChI=1S/C14H15NS/c1-2-10-5-6-12-11(8-10)9-13(15-12)14-4-3-7-16-14/h3-8,13,15H,2,9H2,1H3. The van der Waals surface area contributed by atoms with Crippen LogP contribution in [0.15, 0.2) is 35.7 Å². The van der Waals surface area contributed by atoms with Crippen molar-refractivity contribution in [1.29, 1.82) is 0 Å². The Kier molecular flexibility index (Phi) is 2.44. The topological polar surface area (TPSA) is 12.0 Å². The van der Waals surface area contributed by atoms with E-state index < -0.39 is 0 Å². The zero-order chi connectivity index (χ0) is 11.0. The van der Waals surface area contributed by atoms with Crippen LogP contribution in [0, 0.1) is 0 Å². The van der Waals surface area contributed by atoms with Crippen LogP contribution in [0.4, 0.5) is 5.69 Å². The highest BCUT2D eigenvalue weighted by molar-refractivity contribution is 7.10. The van der Waals surface area contributed by atoms with Crippen LogP contribution in [0.25, 0.3) is 0 Å². The lowest BCUT2D eigenvalue weighted by molar-refractivity contribution is 0.842. The lowest BCUT2D eigenvalue weighted by Crippen LogP contribution is -2.02. The second kappa shape index (κ2) is 3.95. The Hall–Kier alpha value is -1.28. The van der Waals surface area contributed by atoms with Crippen LogP contribution in [0.1, 0.15) is 29.0 Å². The minimum absolute atomic E-state index is 0.488. The number of thiophene rings is 1. The third-order valence-corrected chi connectivity index (χ3v) is 4.20. The Morgan fingerprint density at radius 2 is 2.31 bits per heavy atom. The lowest BCUT2D eigenvalue weighted by Gasteiger charge is -2.07. The van der Waals surface area contributed by atoms with Gasteiger partial charge in [-0.05, 0) is 41.5 Å². The second-order valence-corrected chi connectivity index (χ2v) is 5.24. The first kappa shape index (κ1) is 9.91. The van der Waals surface area contributed by atoms with Gasteiger partial charge < -0.3 is 5.32 Å². The normalized spacial score (nSPS) is 18.2. The summed E-state index contributed by atoms with van der Waals surface area (Å²) in [5.41, 5.74) is 4.22. The molecule has 0 amide bonds. The summed E-state index contributed by atoms with van der Waals surface area (Å²) in [5, 5.41) is 5.75. The van der Waals surface area contributed by atoms with Gasteiger partial charge in [0.25, 0.3) is 0 Å². The summed E-state index contributed by atoms with van der Waals surface area (Å²) < 4.78 is 0. The third-order valence-electron chi connectivity index (χ3n) is 3.22. The Balaban J connectivity index is 1.89. The number of fused-ring (bicyclic) bond motifs is 1. The first-order valence-electron chi connectivity index (χ1n) is 5.78. The Bertz CT molecular complexity index is 487. The fourth-order valence-electron chi connectivity index (χ4n) is 2.30. The number of hydrogen-bond donors (Lipinski definition) is 1. The molecule has 82 valence electrons. The Labute approximate surface area is 100 Å². The maximum Gasteiger partial charge on any atom is 0.0647 e. The van der Waals surface area contributed by atoms with Crippen molar-refractivity contribution in [2.45, 2.75) is 25.8 Å². The van der Waals surface area contributed by atoms with Gasteiger partial charge in [0.05, 0.1) is 6.04 Å². The summed E-state index contributed by atoms with van der Waals surface area (Å²) in [6.07, 6.45) is 2.25. The quantitative estimate of drug-likeness (QED) is 0.820. The van der Waals surface area contributed by atoms with Crippen molar-refractivity contribution in [3.63, 3.8) is 0 Å². The van der Waals surface area contributed by atoms with Crippen molar-refractivity contribution in [1.82, 2.24) is 0 Å². The number of nitrogens with one attached hydrogen (secondary N) is 1. The maximum atomic E-state index is 3.60. The highest BCUT2D eigenvalue weighted by Crippen LogP contribution is 2.36. The summed E-state index contributed by atoms with van der Waals surface area (Å²) in [6, 6.07) is 11.6. The van der Waals surface area contributed by atoms with E-state index in [1.807, 2.05) is 11.3 Å². The van der Waals surface area contributed by atoms with Gasteiger partial charge in [-0.15, -0.1) is 11.3 Å². The second-order valence-electron chi connectivity index (χ2n) is 4.26. The highest BCUT2D eigenvalue weighted by atomic mass is 32.1. The molecule has 0 fully saturated rings. The molecule has 0 aliphatic carbocycles. The van der Waals surface area contributed by atoms with E-state index >= 15 is 0 Å². The third kappa shape index (κ3) is 1.63. The molecule has 2 heterocycles. The van der Waals surface area contributed by atoms with Gasteiger partial charge in [-0.3, -0.25) is 0 Å². The number of anilines is 1. The van der Waals surface area contributed by atoms with Crippen LogP contribution in [-0.2, 0) is 12.8 Å². The van der Waals surface area contributed by atoms with Crippen LogP contribution in [0.5, 0.6) is 0 Å². The van der Waals surface area contributed by atoms with Crippen molar-refractivity contribution in [3.05, 3.63) is 51.7 Å². The number of benzene rings is 1. The van der Waals surface area contributed by atoms with Crippen LogP contribution < -0.4 is 5.32 Å². The molecule has 16 heavy (non-hydrogen) atoms. The molecule has 0 saturated heterocycles. The molecule has 2 aromatic rings. The SMILES string of the molecule is CCc1ccc2c(c1)CC(c1cccs1)N2. The summed E-state index contributed by atoms with van der Waals surface area (Å²) in [6.45, 7) is 2.21. The minimum Gasteiger partial charge on any atom is -0.377 e. The van der Waals surface area contributed by atoms with Gasteiger partial charge in [0.1, 0.15) is 0 Å². The monoisotopic (exact) mass is 229 g/mol.